The molecular formula is C11H19N3S. The summed E-state index contributed by atoms with van der Waals surface area (Å²) in [7, 11) is 0. The second-order valence-corrected chi connectivity index (χ2v) is 5.50. The third-order valence-electron chi connectivity index (χ3n) is 3.15. The van der Waals surface area contributed by atoms with E-state index in [9.17, 15) is 0 Å². The van der Waals surface area contributed by atoms with Gasteiger partial charge >= 0.3 is 0 Å². The fraction of sp³-hybridized carbons (Fsp3) is 0.727. The third kappa shape index (κ3) is 2.32. The van der Waals surface area contributed by atoms with Crippen LogP contribution in [0.2, 0.25) is 0 Å². The van der Waals surface area contributed by atoms with Crippen LogP contribution in [0.4, 0.5) is 5.13 Å². The molecule has 0 spiro atoms. The van der Waals surface area contributed by atoms with Gasteiger partial charge in [-0.2, -0.15) is 0 Å². The van der Waals surface area contributed by atoms with Gasteiger partial charge in [-0.05, 0) is 39.2 Å². The average molecular weight is 225 g/mol. The first-order valence-corrected chi connectivity index (χ1v) is 6.41. The highest BCUT2D eigenvalue weighted by molar-refractivity contribution is 7.15. The Labute approximate surface area is 95.3 Å². The van der Waals surface area contributed by atoms with E-state index in [1.807, 2.05) is 11.3 Å². The lowest BCUT2D eigenvalue weighted by atomic mass is 10.1. The molecule has 1 aromatic heterocycles. The van der Waals surface area contributed by atoms with Gasteiger partial charge in [0, 0.05) is 18.0 Å². The maximum Gasteiger partial charge on any atom is 0.185 e. The molecule has 2 N–H and O–H groups in total. The van der Waals surface area contributed by atoms with E-state index in [1.165, 1.54) is 22.1 Å². The molecule has 0 saturated carbocycles. The van der Waals surface area contributed by atoms with Gasteiger partial charge in [0.15, 0.2) is 5.13 Å². The third-order valence-corrected chi connectivity index (χ3v) is 4.28. The van der Waals surface area contributed by atoms with Gasteiger partial charge < -0.3 is 10.6 Å². The molecule has 0 radical (unpaired) electrons. The van der Waals surface area contributed by atoms with Gasteiger partial charge in [-0.1, -0.05) is 0 Å². The molecule has 1 saturated heterocycles. The van der Waals surface area contributed by atoms with Crippen molar-refractivity contribution in [3.63, 3.8) is 0 Å². The van der Waals surface area contributed by atoms with Crippen LogP contribution >= 0.6 is 11.3 Å². The van der Waals surface area contributed by atoms with E-state index in [0.717, 1.165) is 32.0 Å². The molecule has 0 aliphatic carbocycles. The zero-order valence-electron chi connectivity index (χ0n) is 9.49. The van der Waals surface area contributed by atoms with Gasteiger partial charge in [0.05, 0.1) is 5.69 Å². The Morgan fingerprint density at radius 2 is 2.33 bits per heavy atom. The van der Waals surface area contributed by atoms with Crippen LogP contribution in [0, 0.1) is 19.8 Å². The maximum atomic E-state index is 5.59. The molecular weight excluding hydrogens is 206 g/mol. The van der Waals surface area contributed by atoms with E-state index in [1.54, 1.807) is 0 Å². The quantitative estimate of drug-likeness (QED) is 0.854. The first-order chi connectivity index (χ1) is 7.20. The summed E-state index contributed by atoms with van der Waals surface area (Å²) in [5.74, 6) is 0.777. The Balaban J connectivity index is 2.01. The first kappa shape index (κ1) is 10.9. The summed E-state index contributed by atoms with van der Waals surface area (Å²) in [5.41, 5.74) is 6.77. The van der Waals surface area contributed by atoms with E-state index >= 15 is 0 Å². The largest absolute Gasteiger partial charge is 0.348 e. The lowest BCUT2D eigenvalue weighted by Gasteiger charge is -2.14. The number of nitrogens with zero attached hydrogens (tertiary/aromatic N) is 2. The van der Waals surface area contributed by atoms with Crippen LogP contribution in [0.1, 0.15) is 23.4 Å². The van der Waals surface area contributed by atoms with Crippen LogP contribution in [0.25, 0.3) is 0 Å². The van der Waals surface area contributed by atoms with Gasteiger partial charge in [0.2, 0.25) is 0 Å². The minimum absolute atomic E-state index is 0.777. The van der Waals surface area contributed by atoms with Gasteiger partial charge in [0.25, 0.3) is 0 Å². The summed E-state index contributed by atoms with van der Waals surface area (Å²) in [5, 5.41) is 1.20. The number of hydrogen-bond acceptors (Lipinski definition) is 4. The number of aromatic nitrogens is 1. The van der Waals surface area contributed by atoms with Crippen LogP contribution in [0.3, 0.4) is 0 Å². The number of hydrogen-bond donors (Lipinski definition) is 1. The number of rotatable bonds is 3. The lowest BCUT2D eigenvalue weighted by molar-refractivity contribution is 0.546. The Bertz CT molecular complexity index is 315. The van der Waals surface area contributed by atoms with Crippen molar-refractivity contribution in [2.24, 2.45) is 11.7 Å². The molecule has 0 bridgehead atoms. The smallest absolute Gasteiger partial charge is 0.185 e. The first-order valence-electron chi connectivity index (χ1n) is 5.59. The van der Waals surface area contributed by atoms with Gasteiger partial charge in [-0.3, -0.25) is 0 Å². The molecule has 1 unspecified atom stereocenters. The summed E-state index contributed by atoms with van der Waals surface area (Å²) in [6, 6.07) is 0. The van der Waals surface area contributed by atoms with Crippen molar-refractivity contribution < 1.29 is 0 Å². The highest BCUT2D eigenvalue weighted by atomic mass is 32.1. The van der Waals surface area contributed by atoms with E-state index in [2.05, 4.69) is 23.7 Å². The van der Waals surface area contributed by atoms with Crippen molar-refractivity contribution in [2.45, 2.75) is 26.7 Å². The fourth-order valence-electron chi connectivity index (χ4n) is 2.07. The SMILES string of the molecule is Cc1nc(N2CCC(CCN)C2)sc1C. The Morgan fingerprint density at radius 1 is 1.53 bits per heavy atom. The minimum Gasteiger partial charge on any atom is -0.348 e. The van der Waals surface area contributed by atoms with Crippen molar-refractivity contribution in [2.75, 3.05) is 24.5 Å². The maximum absolute atomic E-state index is 5.59. The van der Waals surface area contributed by atoms with Crippen LogP contribution < -0.4 is 10.6 Å². The minimum atomic E-state index is 0.777. The molecule has 4 heteroatoms. The molecule has 3 nitrogen and oxygen atoms in total. The van der Waals surface area contributed by atoms with Gasteiger partial charge in [0.1, 0.15) is 0 Å². The second kappa shape index (κ2) is 4.49. The van der Waals surface area contributed by atoms with Crippen molar-refractivity contribution >= 4 is 16.5 Å². The van der Waals surface area contributed by atoms with Gasteiger partial charge in [-0.25, -0.2) is 4.98 Å². The van der Waals surface area contributed by atoms with Crippen molar-refractivity contribution in [1.82, 2.24) is 4.98 Å². The Morgan fingerprint density at radius 3 is 2.93 bits per heavy atom. The summed E-state index contributed by atoms with van der Waals surface area (Å²) in [6.45, 7) is 7.34. The molecule has 0 aromatic carbocycles. The topological polar surface area (TPSA) is 42.2 Å². The highest BCUT2D eigenvalue weighted by Gasteiger charge is 2.24. The Hall–Kier alpha value is -0.610. The monoisotopic (exact) mass is 225 g/mol. The average Bonchev–Trinajstić information content (AvgIpc) is 2.76. The molecule has 1 fully saturated rings. The standard InChI is InChI=1S/C11H19N3S/c1-8-9(2)15-11(13-8)14-6-4-10(7-14)3-5-12/h10H,3-7,12H2,1-2H3. The molecule has 1 aliphatic heterocycles. The van der Waals surface area contributed by atoms with Gasteiger partial charge in [-0.15, -0.1) is 11.3 Å². The highest BCUT2D eigenvalue weighted by Crippen LogP contribution is 2.30. The molecule has 1 aliphatic rings. The molecule has 1 atom stereocenters. The van der Waals surface area contributed by atoms with E-state index < -0.39 is 0 Å². The van der Waals surface area contributed by atoms with Crippen LogP contribution in [0.15, 0.2) is 0 Å². The summed E-state index contributed by atoms with van der Waals surface area (Å²) < 4.78 is 0. The van der Waals surface area contributed by atoms with Crippen molar-refractivity contribution in [1.29, 1.82) is 0 Å². The van der Waals surface area contributed by atoms with E-state index in [4.69, 9.17) is 5.73 Å². The molecule has 0 amide bonds. The number of nitrogens with two attached hydrogens (primary N) is 1. The molecule has 2 heterocycles. The van der Waals surface area contributed by atoms with Crippen molar-refractivity contribution in [3.05, 3.63) is 10.6 Å². The predicted molar refractivity (Wildman–Crippen MR) is 65.6 cm³/mol. The zero-order valence-corrected chi connectivity index (χ0v) is 10.3. The Kier molecular flexibility index (Phi) is 3.26. The van der Waals surface area contributed by atoms with E-state index in [0.29, 0.717) is 0 Å². The predicted octanol–water partition coefficient (Wildman–Crippen LogP) is 1.94. The number of aryl methyl sites for hydroxylation is 2. The van der Waals surface area contributed by atoms with Crippen LogP contribution in [-0.2, 0) is 0 Å². The van der Waals surface area contributed by atoms with Crippen LogP contribution in [0.5, 0.6) is 0 Å². The number of thiazole rings is 1. The zero-order chi connectivity index (χ0) is 10.8. The fourth-order valence-corrected chi connectivity index (χ4v) is 3.01. The normalized spacial score (nSPS) is 21.3. The number of anilines is 1. The van der Waals surface area contributed by atoms with E-state index in [-0.39, 0.29) is 0 Å². The lowest BCUT2D eigenvalue weighted by Crippen LogP contribution is -2.20. The van der Waals surface area contributed by atoms with Crippen LogP contribution in [-0.4, -0.2) is 24.6 Å². The molecule has 2 rings (SSSR count). The molecule has 1 aromatic rings. The van der Waals surface area contributed by atoms with Crippen molar-refractivity contribution in [3.8, 4) is 0 Å². The molecule has 84 valence electrons. The summed E-state index contributed by atoms with van der Waals surface area (Å²) >= 11 is 1.82. The summed E-state index contributed by atoms with van der Waals surface area (Å²) in [6.07, 6.45) is 2.43. The molecule has 15 heavy (non-hydrogen) atoms. The second-order valence-electron chi connectivity index (χ2n) is 4.32. The summed E-state index contributed by atoms with van der Waals surface area (Å²) in [4.78, 5) is 8.35.